The number of amides is 2. The van der Waals surface area contributed by atoms with E-state index in [1.54, 1.807) is 14.5 Å². The van der Waals surface area contributed by atoms with Gasteiger partial charge >= 0.3 is 0 Å². The quantitative estimate of drug-likeness (QED) is 0.599. The number of rotatable bonds is 4. The minimum Gasteiger partial charge on any atom is -0.365 e. The van der Waals surface area contributed by atoms with Crippen LogP contribution in [0.3, 0.4) is 0 Å². The van der Waals surface area contributed by atoms with E-state index >= 15 is 0 Å². The number of carbonyl (C=O) groups is 2. The van der Waals surface area contributed by atoms with Crippen LogP contribution in [0, 0.1) is 6.92 Å². The van der Waals surface area contributed by atoms with Gasteiger partial charge in [-0.15, -0.1) is 5.10 Å². The van der Waals surface area contributed by atoms with Gasteiger partial charge in [0.2, 0.25) is 0 Å². The monoisotopic (exact) mass is 459 g/mol. The summed E-state index contributed by atoms with van der Waals surface area (Å²) in [7, 11) is 0. The summed E-state index contributed by atoms with van der Waals surface area (Å²) in [6.07, 6.45) is 0.832. The molecule has 0 spiro atoms. The van der Waals surface area contributed by atoms with Gasteiger partial charge in [-0.25, -0.2) is 4.68 Å². The normalized spacial score (nSPS) is 18.0. The number of benzene rings is 2. The number of ether oxygens (including phenoxy) is 1. The molecule has 176 valence electrons. The van der Waals surface area contributed by atoms with Crippen LogP contribution in [-0.2, 0) is 24.3 Å². The fourth-order valence-corrected chi connectivity index (χ4v) is 4.49. The van der Waals surface area contributed by atoms with E-state index in [4.69, 9.17) is 4.74 Å². The molecule has 1 atom stereocenters. The number of aryl methyl sites for hydroxylation is 2. The molecule has 8 heteroatoms. The number of fused-ring (bicyclic) bond motifs is 1. The summed E-state index contributed by atoms with van der Waals surface area (Å²) in [4.78, 5) is 29.6. The number of carbonyl (C=O) groups excluding carboxylic acids is 2. The van der Waals surface area contributed by atoms with Crippen molar-refractivity contribution in [1.82, 2.24) is 24.8 Å². The van der Waals surface area contributed by atoms with Crippen LogP contribution >= 0.6 is 0 Å². The molecule has 0 radical (unpaired) electrons. The fraction of sp³-hybridized carbons (Fsp3) is 0.385. The second-order valence-corrected chi connectivity index (χ2v) is 8.91. The first-order chi connectivity index (χ1) is 16.5. The Kier molecular flexibility index (Phi) is 6.15. The summed E-state index contributed by atoms with van der Waals surface area (Å²) in [6, 6.07) is 16.0. The average Bonchev–Trinajstić information content (AvgIpc) is 3.32. The molecule has 0 saturated carbocycles. The maximum atomic E-state index is 13.2. The Balaban J connectivity index is 1.21. The largest absolute Gasteiger partial charge is 0.365 e. The van der Waals surface area contributed by atoms with Crippen molar-refractivity contribution in [3.8, 4) is 0 Å². The van der Waals surface area contributed by atoms with Gasteiger partial charge in [-0.1, -0.05) is 54.1 Å². The van der Waals surface area contributed by atoms with E-state index in [9.17, 15) is 9.59 Å². The van der Waals surface area contributed by atoms with Crippen molar-refractivity contribution in [2.45, 2.75) is 39.5 Å². The Morgan fingerprint density at radius 2 is 1.59 bits per heavy atom. The predicted molar refractivity (Wildman–Crippen MR) is 126 cm³/mol. The number of piperazine rings is 1. The highest BCUT2D eigenvalue weighted by Gasteiger charge is 2.32. The summed E-state index contributed by atoms with van der Waals surface area (Å²) >= 11 is 0. The van der Waals surface area contributed by atoms with E-state index in [0.717, 1.165) is 12.0 Å². The molecule has 0 aliphatic carbocycles. The van der Waals surface area contributed by atoms with Gasteiger partial charge in [-0.05, 0) is 36.6 Å². The molecular weight excluding hydrogens is 430 g/mol. The van der Waals surface area contributed by atoms with Gasteiger partial charge in [0.15, 0.2) is 5.69 Å². The second kappa shape index (κ2) is 9.38. The molecule has 3 aromatic rings. The van der Waals surface area contributed by atoms with Gasteiger partial charge in [0.05, 0.1) is 18.8 Å². The van der Waals surface area contributed by atoms with Gasteiger partial charge in [0, 0.05) is 31.7 Å². The third kappa shape index (κ3) is 4.33. The lowest BCUT2D eigenvalue weighted by Crippen LogP contribution is -2.50. The van der Waals surface area contributed by atoms with E-state index in [-0.39, 0.29) is 17.9 Å². The fourth-order valence-electron chi connectivity index (χ4n) is 4.49. The van der Waals surface area contributed by atoms with Gasteiger partial charge in [0.25, 0.3) is 11.8 Å². The topological polar surface area (TPSA) is 80.6 Å². The van der Waals surface area contributed by atoms with Crippen LogP contribution in [-0.4, -0.2) is 62.8 Å². The Bertz CT molecular complexity index is 1180. The average molecular weight is 460 g/mol. The predicted octanol–water partition coefficient (Wildman–Crippen LogP) is 3.02. The van der Waals surface area contributed by atoms with Crippen molar-refractivity contribution in [3.05, 3.63) is 82.2 Å². The van der Waals surface area contributed by atoms with E-state index in [2.05, 4.69) is 48.4 Å². The summed E-state index contributed by atoms with van der Waals surface area (Å²) < 4.78 is 7.84. The lowest BCUT2D eigenvalue weighted by atomic mass is 10.1. The van der Waals surface area contributed by atoms with E-state index in [1.807, 2.05) is 24.3 Å². The minimum atomic E-state index is -0.155. The molecule has 1 saturated heterocycles. The molecule has 5 rings (SSSR count). The highest BCUT2D eigenvalue weighted by Crippen LogP contribution is 2.27. The van der Waals surface area contributed by atoms with E-state index < -0.39 is 0 Å². The third-order valence-corrected chi connectivity index (χ3v) is 6.71. The smallest absolute Gasteiger partial charge is 0.276 e. The standard InChI is InChI=1S/C26H29N5O3/c1-3-19-6-10-21(11-7-19)25(32)29-12-14-30(15-13-29)26(33)24-22-17-34-23(16-31(22)28-27-24)20-8-4-18(2)5-9-20/h4-11,23H,3,12-17H2,1-2H3. The molecule has 1 aromatic heterocycles. The number of nitrogens with zero attached hydrogens (tertiary/aromatic N) is 5. The molecule has 1 fully saturated rings. The molecule has 2 aromatic carbocycles. The number of hydrogen-bond acceptors (Lipinski definition) is 5. The molecular formula is C26H29N5O3. The molecule has 34 heavy (non-hydrogen) atoms. The highest BCUT2D eigenvalue weighted by molar-refractivity contribution is 5.95. The molecule has 0 N–H and O–H groups in total. The summed E-state index contributed by atoms with van der Waals surface area (Å²) in [5, 5.41) is 8.43. The van der Waals surface area contributed by atoms with Crippen LogP contribution in [0.4, 0.5) is 0 Å². The van der Waals surface area contributed by atoms with Crippen LogP contribution in [0.25, 0.3) is 0 Å². The Morgan fingerprint density at radius 1 is 0.941 bits per heavy atom. The Morgan fingerprint density at radius 3 is 2.24 bits per heavy atom. The highest BCUT2D eigenvalue weighted by atomic mass is 16.5. The zero-order valence-electron chi connectivity index (χ0n) is 19.6. The lowest BCUT2D eigenvalue weighted by Gasteiger charge is -2.34. The first kappa shape index (κ1) is 22.3. The number of hydrogen-bond donors (Lipinski definition) is 0. The van der Waals surface area contributed by atoms with E-state index in [1.165, 1.54) is 11.1 Å². The van der Waals surface area contributed by atoms with Crippen LogP contribution < -0.4 is 0 Å². The van der Waals surface area contributed by atoms with Gasteiger partial charge < -0.3 is 14.5 Å². The van der Waals surface area contributed by atoms with Gasteiger partial charge in [-0.3, -0.25) is 9.59 Å². The van der Waals surface area contributed by atoms with E-state index in [0.29, 0.717) is 56.3 Å². The van der Waals surface area contributed by atoms with Crippen molar-refractivity contribution < 1.29 is 14.3 Å². The molecule has 2 aliphatic rings. The van der Waals surface area contributed by atoms with Crippen molar-refractivity contribution in [2.24, 2.45) is 0 Å². The van der Waals surface area contributed by atoms with Gasteiger partial charge in [-0.2, -0.15) is 0 Å². The van der Waals surface area contributed by atoms with Crippen molar-refractivity contribution >= 4 is 11.8 Å². The maximum Gasteiger partial charge on any atom is 0.276 e. The first-order valence-electron chi connectivity index (χ1n) is 11.8. The molecule has 3 heterocycles. The Hall–Kier alpha value is -3.52. The van der Waals surface area contributed by atoms with Crippen molar-refractivity contribution in [1.29, 1.82) is 0 Å². The van der Waals surface area contributed by atoms with Crippen LogP contribution in [0.2, 0.25) is 0 Å². The SMILES string of the molecule is CCc1ccc(C(=O)N2CCN(C(=O)c3nnn4c3COC(c3ccc(C)cc3)C4)CC2)cc1. The second-order valence-electron chi connectivity index (χ2n) is 8.91. The zero-order chi connectivity index (χ0) is 23.7. The zero-order valence-corrected chi connectivity index (χ0v) is 19.6. The summed E-state index contributed by atoms with van der Waals surface area (Å²) in [5.74, 6) is -0.149. The van der Waals surface area contributed by atoms with Crippen molar-refractivity contribution in [3.63, 3.8) is 0 Å². The molecule has 1 unspecified atom stereocenters. The van der Waals surface area contributed by atoms with Crippen LogP contribution in [0.15, 0.2) is 48.5 Å². The molecule has 2 aliphatic heterocycles. The molecule has 8 nitrogen and oxygen atoms in total. The molecule has 2 amide bonds. The van der Waals surface area contributed by atoms with Crippen LogP contribution in [0.5, 0.6) is 0 Å². The summed E-state index contributed by atoms with van der Waals surface area (Å²) in [6.45, 7) is 6.89. The van der Waals surface area contributed by atoms with Crippen molar-refractivity contribution in [2.75, 3.05) is 26.2 Å². The lowest BCUT2D eigenvalue weighted by molar-refractivity contribution is -0.00203. The number of aromatic nitrogens is 3. The Labute approximate surface area is 199 Å². The molecule has 0 bridgehead atoms. The van der Waals surface area contributed by atoms with Gasteiger partial charge in [0.1, 0.15) is 6.10 Å². The minimum absolute atomic E-state index is 0.00587. The maximum absolute atomic E-state index is 13.2. The summed E-state index contributed by atoms with van der Waals surface area (Å²) in [5.41, 5.74) is 5.23. The first-order valence-corrected chi connectivity index (χ1v) is 11.8. The van der Waals surface area contributed by atoms with Crippen LogP contribution in [0.1, 0.15) is 56.3 Å². The third-order valence-electron chi connectivity index (χ3n) is 6.71.